The number of hydrogen-bond acceptors (Lipinski definition) is 2. The van der Waals surface area contributed by atoms with Gasteiger partial charge in [0.25, 0.3) is 5.56 Å². The van der Waals surface area contributed by atoms with Gasteiger partial charge < -0.3 is 15.2 Å². The van der Waals surface area contributed by atoms with Crippen molar-refractivity contribution < 1.29 is 26.7 Å². The van der Waals surface area contributed by atoms with E-state index in [1.165, 1.54) is 24.2 Å². The Balaban J connectivity index is 1.83. The van der Waals surface area contributed by atoms with Crippen LogP contribution in [-0.4, -0.2) is 23.0 Å². The predicted octanol–water partition coefficient (Wildman–Crippen LogP) is 4.13. The molecule has 1 aromatic heterocycles. The van der Waals surface area contributed by atoms with E-state index in [4.69, 9.17) is 0 Å². The Hall–Kier alpha value is -3.43. The van der Waals surface area contributed by atoms with E-state index in [0.717, 1.165) is 18.2 Å². The molecule has 30 heavy (non-hydrogen) atoms. The lowest BCUT2D eigenvalue weighted by Gasteiger charge is -2.26. The number of H-pyrrole nitrogens is 1. The van der Waals surface area contributed by atoms with E-state index in [0.29, 0.717) is 5.56 Å². The number of halogens is 5. The number of nitrogens with zero attached hydrogens (tertiary/aromatic N) is 1. The number of benzene rings is 2. The minimum atomic E-state index is -1.61. The van der Waals surface area contributed by atoms with Crippen molar-refractivity contribution in [2.75, 3.05) is 7.05 Å². The molecule has 5 nitrogen and oxygen atoms in total. The topological polar surface area (TPSA) is 65.2 Å². The maximum atomic E-state index is 14.1. The van der Waals surface area contributed by atoms with Gasteiger partial charge in [-0.2, -0.15) is 0 Å². The molecule has 0 aliphatic heterocycles. The molecule has 0 saturated heterocycles. The lowest BCUT2D eigenvalue weighted by atomic mass is 10.0. The highest BCUT2D eigenvalue weighted by Gasteiger charge is 2.22. The molecule has 0 unspecified atom stereocenters. The molecular formula is C20H16F5N3O2. The van der Waals surface area contributed by atoms with Crippen LogP contribution in [0.4, 0.5) is 26.7 Å². The molecule has 3 rings (SSSR count). The van der Waals surface area contributed by atoms with Crippen molar-refractivity contribution in [1.82, 2.24) is 15.2 Å². The summed E-state index contributed by atoms with van der Waals surface area (Å²) in [5.41, 5.74) is -0.460. The van der Waals surface area contributed by atoms with Crippen molar-refractivity contribution in [2.45, 2.75) is 19.5 Å². The third-order valence-electron chi connectivity index (χ3n) is 4.83. The minimum Gasteiger partial charge on any atom is -0.334 e. The Bertz CT molecular complexity index is 1170. The zero-order chi connectivity index (χ0) is 22.2. The van der Waals surface area contributed by atoms with Crippen LogP contribution in [0.1, 0.15) is 24.1 Å². The number of fused-ring (bicyclic) bond motifs is 1. The van der Waals surface area contributed by atoms with Gasteiger partial charge in [-0.15, -0.1) is 0 Å². The van der Waals surface area contributed by atoms with Gasteiger partial charge in [-0.1, -0.05) is 6.07 Å². The molecule has 0 spiro atoms. The summed E-state index contributed by atoms with van der Waals surface area (Å²) >= 11 is 0. The van der Waals surface area contributed by atoms with Gasteiger partial charge in [0.05, 0.1) is 11.4 Å². The maximum absolute atomic E-state index is 14.1. The second kappa shape index (κ2) is 8.13. The quantitative estimate of drug-likeness (QED) is 0.488. The van der Waals surface area contributed by atoms with Crippen LogP contribution in [0.15, 0.2) is 35.3 Å². The second-order valence-corrected chi connectivity index (χ2v) is 6.68. The first-order valence-electron chi connectivity index (χ1n) is 8.75. The molecule has 0 radical (unpaired) electrons. The zero-order valence-corrected chi connectivity index (χ0v) is 15.8. The monoisotopic (exact) mass is 425 g/mol. The highest BCUT2D eigenvalue weighted by Crippen LogP contribution is 2.27. The smallest absolute Gasteiger partial charge is 0.317 e. The van der Waals surface area contributed by atoms with E-state index in [2.05, 4.69) is 10.3 Å². The number of carbonyl (C=O) groups is 1. The van der Waals surface area contributed by atoms with Gasteiger partial charge in [-0.25, -0.2) is 26.7 Å². The number of urea groups is 1. The first-order chi connectivity index (χ1) is 14.1. The maximum Gasteiger partial charge on any atom is 0.317 e. The Kier molecular flexibility index (Phi) is 5.77. The van der Waals surface area contributed by atoms with E-state index in [9.17, 15) is 31.5 Å². The summed E-state index contributed by atoms with van der Waals surface area (Å²) in [6.45, 7) is 1.31. The molecule has 0 bridgehead atoms. The number of nitrogens with one attached hydrogen (secondary N) is 2. The summed E-state index contributed by atoms with van der Waals surface area (Å²) in [4.78, 5) is 27.9. The number of aromatic amines is 1. The van der Waals surface area contributed by atoms with Crippen LogP contribution in [0.25, 0.3) is 10.8 Å². The highest BCUT2D eigenvalue weighted by atomic mass is 19.2. The molecule has 1 atom stereocenters. The first-order valence-corrected chi connectivity index (χ1v) is 8.75. The van der Waals surface area contributed by atoms with Crippen molar-refractivity contribution in [3.05, 3.63) is 81.0 Å². The van der Waals surface area contributed by atoms with Crippen LogP contribution in [0.5, 0.6) is 0 Å². The average Bonchev–Trinajstić information content (AvgIpc) is 2.71. The zero-order valence-electron chi connectivity index (χ0n) is 15.8. The van der Waals surface area contributed by atoms with Crippen LogP contribution in [0.2, 0.25) is 0 Å². The summed E-state index contributed by atoms with van der Waals surface area (Å²) in [5.74, 6) is -6.84. The molecule has 3 aromatic rings. The minimum absolute atomic E-state index is 0.00726. The van der Waals surface area contributed by atoms with Crippen LogP contribution in [0.3, 0.4) is 0 Å². The molecule has 1 heterocycles. The van der Waals surface area contributed by atoms with E-state index in [1.54, 1.807) is 6.92 Å². The fourth-order valence-corrected chi connectivity index (χ4v) is 3.05. The second-order valence-electron chi connectivity index (χ2n) is 6.68. The fraction of sp³-hybridized carbons (Fsp3) is 0.200. The van der Waals surface area contributed by atoms with E-state index >= 15 is 0 Å². The molecule has 2 aromatic carbocycles. The molecule has 2 N–H and O–H groups in total. The fourth-order valence-electron chi connectivity index (χ4n) is 3.05. The molecule has 0 aliphatic carbocycles. The lowest BCUT2D eigenvalue weighted by molar-refractivity contribution is 0.194. The Labute approximate surface area is 167 Å². The largest absolute Gasteiger partial charge is 0.334 e. The number of aromatic nitrogens is 1. The number of hydrogen-bond donors (Lipinski definition) is 2. The molecule has 0 saturated carbocycles. The van der Waals surface area contributed by atoms with Gasteiger partial charge in [-0.05, 0) is 41.6 Å². The SMILES string of the molecule is C[C@H](c1c[nH]c(=O)c2c(F)c(F)ccc12)N(C)C(=O)NCc1cc(F)c(F)c(F)c1. The van der Waals surface area contributed by atoms with Gasteiger partial charge in [0.2, 0.25) is 0 Å². The van der Waals surface area contributed by atoms with Crippen molar-refractivity contribution in [3.63, 3.8) is 0 Å². The molecule has 0 aliphatic rings. The van der Waals surface area contributed by atoms with Gasteiger partial charge in [0.15, 0.2) is 29.1 Å². The van der Waals surface area contributed by atoms with E-state index < -0.39 is 52.1 Å². The molecule has 0 fully saturated rings. The summed E-state index contributed by atoms with van der Waals surface area (Å²) in [5, 5.41) is 2.09. The highest BCUT2D eigenvalue weighted by molar-refractivity contribution is 5.86. The summed E-state index contributed by atoms with van der Waals surface area (Å²) in [7, 11) is 1.41. The van der Waals surface area contributed by atoms with Crippen molar-refractivity contribution in [2.24, 2.45) is 0 Å². The first kappa shape index (κ1) is 21.3. The number of amides is 2. The van der Waals surface area contributed by atoms with E-state index in [1.807, 2.05) is 0 Å². The number of carbonyl (C=O) groups excluding carboxylic acids is 1. The molecule has 158 valence electrons. The van der Waals surface area contributed by atoms with E-state index in [-0.39, 0.29) is 17.5 Å². The molecule has 2 amide bonds. The van der Waals surface area contributed by atoms with Crippen LogP contribution >= 0.6 is 0 Å². The van der Waals surface area contributed by atoms with Crippen molar-refractivity contribution >= 4 is 16.8 Å². The van der Waals surface area contributed by atoms with Crippen LogP contribution in [0, 0.1) is 29.1 Å². The summed E-state index contributed by atoms with van der Waals surface area (Å²) in [6, 6.07) is 2.28. The Morgan fingerprint density at radius 3 is 2.33 bits per heavy atom. The van der Waals surface area contributed by atoms with Crippen LogP contribution in [-0.2, 0) is 6.54 Å². The van der Waals surface area contributed by atoms with Crippen molar-refractivity contribution in [1.29, 1.82) is 0 Å². The van der Waals surface area contributed by atoms with Crippen LogP contribution < -0.4 is 10.9 Å². The third kappa shape index (κ3) is 3.85. The van der Waals surface area contributed by atoms with Gasteiger partial charge in [0.1, 0.15) is 0 Å². The van der Waals surface area contributed by atoms with Crippen molar-refractivity contribution in [3.8, 4) is 0 Å². The van der Waals surface area contributed by atoms with Gasteiger partial charge in [0, 0.05) is 19.8 Å². The third-order valence-corrected chi connectivity index (χ3v) is 4.83. The van der Waals surface area contributed by atoms with Gasteiger partial charge >= 0.3 is 6.03 Å². The Morgan fingerprint density at radius 1 is 1.07 bits per heavy atom. The Morgan fingerprint density at radius 2 is 1.70 bits per heavy atom. The average molecular weight is 425 g/mol. The molecule has 10 heteroatoms. The normalized spacial score (nSPS) is 12.1. The predicted molar refractivity (Wildman–Crippen MR) is 99.2 cm³/mol. The summed E-state index contributed by atoms with van der Waals surface area (Å²) < 4.78 is 67.2. The summed E-state index contributed by atoms with van der Waals surface area (Å²) in [6.07, 6.45) is 1.29. The van der Waals surface area contributed by atoms with Gasteiger partial charge in [-0.3, -0.25) is 4.79 Å². The lowest BCUT2D eigenvalue weighted by Crippen LogP contribution is -2.38. The number of pyridine rings is 1. The number of rotatable bonds is 4. The standard InChI is InChI=1S/C20H16F5N3O2/c1-9(12-8-26-19(29)16-11(12)3-4-13(21)18(16)25)28(2)20(30)27-7-10-5-14(22)17(24)15(23)6-10/h3-6,8-9H,7H2,1-2H3,(H,26,29)(H,27,30)/t9-/m1/s1. The molecular weight excluding hydrogens is 409 g/mol.